The van der Waals surface area contributed by atoms with Crippen LogP contribution in [0, 0.1) is 0 Å². The van der Waals surface area contributed by atoms with Crippen LogP contribution in [-0.4, -0.2) is 5.38 Å². The second-order valence-electron chi connectivity index (χ2n) is 5.52. The number of alkyl halides is 1. The van der Waals surface area contributed by atoms with Crippen molar-refractivity contribution in [3.8, 4) is 0 Å². The third-order valence-corrected chi connectivity index (χ3v) is 4.65. The Morgan fingerprint density at radius 3 is 2.85 bits per heavy atom. The first-order valence-electron chi connectivity index (χ1n) is 6.85. The molecule has 0 bridgehead atoms. The van der Waals surface area contributed by atoms with Gasteiger partial charge in [-0.3, -0.25) is 0 Å². The number of fused-ring (bicyclic) bond motifs is 2. The third-order valence-electron chi connectivity index (χ3n) is 4.38. The third kappa shape index (κ3) is 1.22. The topological polar surface area (TPSA) is 0 Å². The van der Waals surface area contributed by atoms with Crippen LogP contribution >= 0.6 is 11.6 Å². The lowest BCUT2D eigenvalue weighted by molar-refractivity contribution is 1.43. The Morgan fingerprint density at radius 2 is 1.90 bits per heavy atom. The smallest absolute Gasteiger partial charge is 0.0709 e. The fraction of sp³-hybridized carbons (Fsp3) is 0.0526. The Balaban J connectivity index is 2.14. The van der Waals surface area contributed by atoms with Gasteiger partial charge in [0.05, 0.1) is 5.38 Å². The van der Waals surface area contributed by atoms with E-state index in [9.17, 15) is 0 Å². The molecule has 0 aromatic heterocycles. The van der Waals surface area contributed by atoms with E-state index in [4.69, 9.17) is 11.6 Å². The summed E-state index contributed by atoms with van der Waals surface area (Å²) in [6, 6.07) is 13.3. The molecule has 3 aromatic carbocycles. The minimum atomic E-state index is -0.00720. The average molecular weight is 275 g/mol. The zero-order valence-electron chi connectivity index (χ0n) is 10.7. The maximum Gasteiger partial charge on any atom is 0.0709 e. The van der Waals surface area contributed by atoms with Crippen LogP contribution in [-0.2, 0) is 0 Å². The zero-order valence-corrected chi connectivity index (χ0v) is 11.5. The first-order valence-corrected chi connectivity index (χ1v) is 7.29. The molecule has 0 heterocycles. The maximum atomic E-state index is 6.27. The number of rotatable bonds is 0. The van der Waals surface area contributed by atoms with E-state index in [1.54, 1.807) is 0 Å². The molecule has 0 aliphatic heterocycles. The molecular formula is C19H11Cl. The van der Waals surface area contributed by atoms with Crippen molar-refractivity contribution in [1.82, 2.24) is 0 Å². The van der Waals surface area contributed by atoms with Crippen molar-refractivity contribution in [3.63, 3.8) is 0 Å². The van der Waals surface area contributed by atoms with Gasteiger partial charge < -0.3 is 0 Å². The number of halogens is 1. The summed E-state index contributed by atoms with van der Waals surface area (Å²) in [4.78, 5) is 0. The first kappa shape index (κ1) is 10.7. The molecule has 0 radical (unpaired) electrons. The van der Waals surface area contributed by atoms with Gasteiger partial charge in [-0.05, 0) is 55.3 Å². The van der Waals surface area contributed by atoms with Crippen LogP contribution in [0.5, 0.6) is 0 Å². The molecule has 1 heteroatoms. The van der Waals surface area contributed by atoms with Crippen LogP contribution in [0.15, 0.2) is 42.5 Å². The average Bonchev–Trinajstić information content (AvgIpc) is 2.84. The van der Waals surface area contributed by atoms with E-state index in [1.165, 1.54) is 43.1 Å². The molecular weight excluding hydrogens is 264 g/mol. The summed E-state index contributed by atoms with van der Waals surface area (Å²) >= 11 is 6.27. The van der Waals surface area contributed by atoms with Gasteiger partial charge in [-0.25, -0.2) is 0 Å². The van der Waals surface area contributed by atoms with E-state index in [0.29, 0.717) is 0 Å². The van der Waals surface area contributed by atoms with Crippen molar-refractivity contribution in [3.05, 3.63) is 64.0 Å². The Hall–Kier alpha value is -2.05. The van der Waals surface area contributed by atoms with Crippen LogP contribution < -0.4 is 10.4 Å². The standard InChI is InChI=1S/C19H11Cl/c20-15-6-4-12-8-14-9-13-3-1-2-11-5-7-16(17(12)10-15)19(14)18(11)13/h1-10,15H. The van der Waals surface area contributed by atoms with Gasteiger partial charge in [0.15, 0.2) is 0 Å². The van der Waals surface area contributed by atoms with Gasteiger partial charge in [0.1, 0.15) is 0 Å². The van der Waals surface area contributed by atoms with E-state index in [2.05, 4.69) is 54.6 Å². The monoisotopic (exact) mass is 274 g/mol. The number of hydrogen-bond donors (Lipinski definition) is 0. The van der Waals surface area contributed by atoms with E-state index in [1.807, 2.05) is 6.08 Å². The van der Waals surface area contributed by atoms with Gasteiger partial charge in [-0.15, -0.1) is 11.6 Å². The largest absolute Gasteiger partial charge is 0.114 e. The summed E-state index contributed by atoms with van der Waals surface area (Å²) in [5, 5.41) is 8.01. The summed E-state index contributed by atoms with van der Waals surface area (Å²) in [5.74, 6) is 0. The van der Waals surface area contributed by atoms with Crippen molar-refractivity contribution in [2.45, 2.75) is 5.38 Å². The second kappa shape index (κ2) is 3.53. The lowest BCUT2D eigenvalue weighted by Gasteiger charge is -2.10. The fourth-order valence-corrected chi connectivity index (χ4v) is 3.74. The van der Waals surface area contributed by atoms with E-state index < -0.39 is 0 Å². The molecule has 1 atom stereocenters. The maximum absolute atomic E-state index is 6.27. The zero-order chi connectivity index (χ0) is 13.3. The highest BCUT2D eigenvalue weighted by Crippen LogP contribution is 2.29. The van der Waals surface area contributed by atoms with E-state index >= 15 is 0 Å². The Kier molecular flexibility index (Phi) is 1.89. The lowest BCUT2D eigenvalue weighted by atomic mass is 9.95. The van der Waals surface area contributed by atoms with Gasteiger partial charge in [0.2, 0.25) is 0 Å². The molecule has 3 aromatic rings. The summed E-state index contributed by atoms with van der Waals surface area (Å²) in [6.07, 6.45) is 8.64. The normalized spacial score (nSPS) is 18.4. The molecule has 0 nitrogen and oxygen atoms in total. The molecule has 0 fully saturated rings. The van der Waals surface area contributed by atoms with Gasteiger partial charge in [-0.1, -0.05) is 48.6 Å². The van der Waals surface area contributed by atoms with Crippen molar-refractivity contribution in [1.29, 1.82) is 0 Å². The molecule has 5 rings (SSSR count). The first-order chi connectivity index (χ1) is 9.81. The van der Waals surface area contributed by atoms with Crippen molar-refractivity contribution in [2.24, 2.45) is 0 Å². The molecule has 1 unspecified atom stereocenters. The Labute approximate surface area is 121 Å². The van der Waals surface area contributed by atoms with Gasteiger partial charge in [0.25, 0.3) is 0 Å². The van der Waals surface area contributed by atoms with Crippen LogP contribution in [0.1, 0.15) is 11.1 Å². The predicted octanol–water partition coefficient (Wildman–Crippen LogP) is 3.55. The van der Waals surface area contributed by atoms with Crippen molar-refractivity contribution >= 4 is 51.4 Å². The SMILES string of the molecule is ClC1C=Cc2cc3c4c(ccc5cccc(c54)C=3)c2=C1. The van der Waals surface area contributed by atoms with Crippen LogP contribution in [0.25, 0.3) is 39.8 Å². The molecule has 94 valence electrons. The minimum Gasteiger partial charge on any atom is -0.114 e. The van der Waals surface area contributed by atoms with Gasteiger partial charge in [0, 0.05) is 0 Å². The Bertz CT molecular complexity index is 1050. The fourth-order valence-electron chi connectivity index (χ4n) is 3.54. The molecule has 0 spiro atoms. The highest BCUT2D eigenvalue weighted by Gasteiger charge is 2.14. The molecule has 20 heavy (non-hydrogen) atoms. The molecule has 2 aliphatic rings. The van der Waals surface area contributed by atoms with Gasteiger partial charge >= 0.3 is 0 Å². The molecule has 0 N–H and O–H groups in total. The lowest BCUT2D eigenvalue weighted by Crippen LogP contribution is -2.18. The Morgan fingerprint density at radius 1 is 0.950 bits per heavy atom. The summed E-state index contributed by atoms with van der Waals surface area (Å²) < 4.78 is 0. The van der Waals surface area contributed by atoms with E-state index in [0.717, 1.165) is 0 Å². The van der Waals surface area contributed by atoms with Crippen molar-refractivity contribution < 1.29 is 0 Å². The molecule has 0 amide bonds. The second-order valence-corrected chi connectivity index (χ2v) is 6.02. The van der Waals surface area contributed by atoms with Gasteiger partial charge in [-0.2, -0.15) is 0 Å². The molecule has 2 aliphatic carbocycles. The number of hydrogen-bond acceptors (Lipinski definition) is 0. The molecule has 0 saturated heterocycles. The summed E-state index contributed by atoms with van der Waals surface area (Å²) in [7, 11) is 0. The predicted molar refractivity (Wildman–Crippen MR) is 87.4 cm³/mol. The number of benzene rings is 3. The number of allylic oxidation sites excluding steroid dienone is 1. The summed E-state index contributed by atoms with van der Waals surface area (Å²) in [6.45, 7) is 0. The van der Waals surface area contributed by atoms with E-state index in [-0.39, 0.29) is 5.38 Å². The van der Waals surface area contributed by atoms with Crippen LogP contribution in [0.4, 0.5) is 0 Å². The van der Waals surface area contributed by atoms with Crippen LogP contribution in [0.3, 0.4) is 0 Å². The van der Waals surface area contributed by atoms with Crippen molar-refractivity contribution in [2.75, 3.05) is 0 Å². The quantitative estimate of drug-likeness (QED) is 0.340. The highest BCUT2D eigenvalue weighted by atomic mass is 35.5. The highest BCUT2D eigenvalue weighted by molar-refractivity contribution is 6.26. The van der Waals surface area contributed by atoms with Crippen LogP contribution in [0.2, 0.25) is 0 Å². The minimum absolute atomic E-state index is 0.00720. The summed E-state index contributed by atoms with van der Waals surface area (Å²) in [5.41, 5.74) is 2.60. The molecule has 0 saturated carbocycles.